The van der Waals surface area contributed by atoms with Crippen LogP contribution in [0.4, 0.5) is 5.82 Å². The Morgan fingerprint density at radius 1 is 1.33 bits per heavy atom. The van der Waals surface area contributed by atoms with E-state index < -0.39 is 0 Å². The van der Waals surface area contributed by atoms with Crippen LogP contribution in [0.2, 0.25) is 0 Å². The summed E-state index contributed by atoms with van der Waals surface area (Å²) in [6, 6.07) is 8.35. The number of pyridine rings is 1. The topological polar surface area (TPSA) is 25.4 Å². The summed E-state index contributed by atoms with van der Waals surface area (Å²) in [5, 5.41) is 2.36. The number of rotatable bonds is 2. The van der Waals surface area contributed by atoms with Crippen LogP contribution in [0.25, 0.3) is 10.8 Å². The molecule has 1 aliphatic rings. The quantitative estimate of drug-likeness (QED) is 0.785. The molecule has 0 spiro atoms. The summed E-state index contributed by atoms with van der Waals surface area (Å²) in [6.07, 6.45) is 2.10. The summed E-state index contributed by atoms with van der Waals surface area (Å²) in [4.78, 5) is 7.02. The minimum atomic E-state index is -0.161. The largest absolute Gasteiger partial charge is 0.369 e. The molecule has 1 unspecified atom stereocenters. The predicted molar refractivity (Wildman–Crippen MR) is 88.1 cm³/mol. The number of benzene rings is 1. The fourth-order valence-electron chi connectivity index (χ4n) is 3.21. The van der Waals surface area contributed by atoms with Crippen LogP contribution in [-0.4, -0.2) is 29.8 Å². The second kappa shape index (κ2) is 5.47. The smallest absolute Gasteiger partial charge is 0.136 e. The molecule has 21 heavy (non-hydrogen) atoms. The number of nitrogens with zero attached hydrogens (tertiary/aromatic N) is 2. The van der Waals surface area contributed by atoms with Crippen molar-refractivity contribution < 1.29 is 4.74 Å². The van der Waals surface area contributed by atoms with Gasteiger partial charge in [0.25, 0.3) is 0 Å². The van der Waals surface area contributed by atoms with Crippen LogP contribution >= 0.6 is 11.6 Å². The van der Waals surface area contributed by atoms with E-state index >= 15 is 0 Å². The van der Waals surface area contributed by atoms with Crippen molar-refractivity contribution in [2.75, 3.05) is 18.0 Å². The van der Waals surface area contributed by atoms with Gasteiger partial charge in [-0.1, -0.05) is 24.3 Å². The number of hydrogen-bond acceptors (Lipinski definition) is 3. The van der Waals surface area contributed by atoms with Gasteiger partial charge in [0, 0.05) is 30.6 Å². The normalized spacial score (nSPS) is 21.7. The maximum Gasteiger partial charge on any atom is 0.136 e. The number of fused-ring (bicyclic) bond motifs is 1. The maximum atomic E-state index is 6.04. The van der Waals surface area contributed by atoms with E-state index in [4.69, 9.17) is 16.3 Å². The van der Waals surface area contributed by atoms with E-state index in [9.17, 15) is 0 Å². The van der Waals surface area contributed by atoms with Crippen molar-refractivity contribution in [1.82, 2.24) is 4.98 Å². The van der Waals surface area contributed by atoms with Gasteiger partial charge in [0.1, 0.15) is 5.82 Å². The highest BCUT2D eigenvalue weighted by atomic mass is 35.5. The molecule has 1 fully saturated rings. The molecule has 1 aromatic carbocycles. The summed E-state index contributed by atoms with van der Waals surface area (Å²) in [7, 11) is 0. The van der Waals surface area contributed by atoms with Gasteiger partial charge in [-0.2, -0.15) is 0 Å². The molecule has 0 bridgehead atoms. The first-order valence-corrected chi connectivity index (χ1v) is 7.89. The van der Waals surface area contributed by atoms with Gasteiger partial charge in [-0.05, 0) is 31.7 Å². The van der Waals surface area contributed by atoms with Crippen molar-refractivity contribution in [1.29, 1.82) is 0 Å². The number of anilines is 1. The lowest BCUT2D eigenvalue weighted by Crippen LogP contribution is -2.52. The average molecular weight is 305 g/mol. The number of alkyl halides is 1. The Bertz CT molecular complexity index is 656. The molecular formula is C17H21ClN2O. The molecule has 1 saturated heterocycles. The average Bonchev–Trinajstić information content (AvgIpc) is 2.44. The standard InChI is InChI=1S/C17H21ClN2O/c1-12-10-20(11-17(2,3)21-12)16-15-7-5-4-6-14(15)13(8-18)9-19-16/h4-7,9,12H,8,10-11H2,1-3H3. The Kier molecular flexibility index (Phi) is 3.80. The van der Waals surface area contributed by atoms with Crippen LogP contribution in [0.3, 0.4) is 0 Å². The number of aromatic nitrogens is 1. The fourth-order valence-corrected chi connectivity index (χ4v) is 3.42. The van der Waals surface area contributed by atoms with E-state index in [0.29, 0.717) is 5.88 Å². The Hall–Kier alpha value is -1.32. The van der Waals surface area contributed by atoms with Gasteiger partial charge in [-0.3, -0.25) is 0 Å². The number of hydrogen-bond donors (Lipinski definition) is 0. The summed E-state index contributed by atoms with van der Waals surface area (Å²) in [6.45, 7) is 8.08. The lowest BCUT2D eigenvalue weighted by molar-refractivity contribution is -0.0750. The van der Waals surface area contributed by atoms with Gasteiger partial charge in [0.15, 0.2) is 0 Å². The zero-order chi connectivity index (χ0) is 15.0. The van der Waals surface area contributed by atoms with E-state index in [1.807, 2.05) is 12.3 Å². The zero-order valence-corrected chi connectivity index (χ0v) is 13.5. The molecule has 3 rings (SSSR count). The van der Waals surface area contributed by atoms with E-state index in [-0.39, 0.29) is 11.7 Å². The zero-order valence-electron chi connectivity index (χ0n) is 12.8. The third-order valence-electron chi connectivity index (χ3n) is 3.87. The van der Waals surface area contributed by atoms with E-state index in [2.05, 4.69) is 48.9 Å². The van der Waals surface area contributed by atoms with Gasteiger partial charge >= 0.3 is 0 Å². The highest BCUT2D eigenvalue weighted by Crippen LogP contribution is 2.31. The number of morpholine rings is 1. The minimum absolute atomic E-state index is 0.161. The first-order chi connectivity index (χ1) is 10.00. The molecular weight excluding hydrogens is 284 g/mol. The van der Waals surface area contributed by atoms with Crippen molar-refractivity contribution in [2.24, 2.45) is 0 Å². The Labute approximate surface area is 130 Å². The second-order valence-corrected chi connectivity index (χ2v) is 6.62. The third-order valence-corrected chi connectivity index (χ3v) is 4.16. The SMILES string of the molecule is CC1CN(c2ncc(CCl)c3ccccc23)CC(C)(C)O1. The number of ether oxygens (including phenoxy) is 1. The van der Waals surface area contributed by atoms with Gasteiger partial charge in [0.2, 0.25) is 0 Å². The van der Waals surface area contributed by atoms with Crippen molar-refractivity contribution in [3.8, 4) is 0 Å². The highest BCUT2D eigenvalue weighted by molar-refractivity contribution is 6.18. The Balaban J connectivity index is 2.08. The van der Waals surface area contributed by atoms with Gasteiger partial charge in [-0.25, -0.2) is 4.98 Å². The summed E-state index contributed by atoms with van der Waals surface area (Å²) in [5.74, 6) is 1.52. The molecule has 1 aromatic heterocycles. The molecule has 1 aliphatic heterocycles. The number of halogens is 1. The van der Waals surface area contributed by atoms with Crippen molar-refractivity contribution in [2.45, 2.75) is 38.4 Å². The van der Waals surface area contributed by atoms with Gasteiger partial charge < -0.3 is 9.64 Å². The molecule has 3 nitrogen and oxygen atoms in total. The molecule has 0 radical (unpaired) electrons. The van der Waals surface area contributed by atoms with Crippen LogP contribution in [0, 0.1) is 0 Å². The van der Waals surface area contributed by atoms with Crippen LogP contribution in [0.5, 0.6) is 0 Å². The Morgan fingerprint density at radius 2 is 2.05 bits per heavy atom. The molecule has 2 heterocycles. The summed E-state index contributed by atoms with van der Waals surface area (Å²) < 4.78 is 5.99. The molecule has 0 saturated carbocycles. The third kappa shape index (κ3) is 2.85. The van der Waals surface area contributed by atoms with Crippen LogP contribution < -0.4 is 4.90 Å². The Morgan fingerprint density at radius 3 is 2.71 bits per heavy atom. The van der Waals surface area contributed by atoms with E-state index in [1.165, 1.54) is 10.8 Å². The predicted octanol–water partition coefficient (Wildman–Crippen LogP) is 3.98. The highest BCUT2D eigenvalue weighted by Gasteiger charge is 2.32. The van der Waals surface area contributed by atoms with Gasteiger partial charge in [-0.15, -0.1) is 11.6 Å². The maximum absolute atomic E-state index is 6.04. The van der Waals surface area contributed by atoms with Crippen LogP contribution in [0.15, 0.2) is 30.5 Å². The second-order valence-electron chi connectivity index (χ2n) is 6.35. The first kappa shape index (κ1) is 14.6. The molecule has 0 aliphatic carbocycles. The minimum Gasteiger partial charge on any atom is -0.369 e. The lowest BCUT2D eigenvalue weighted by Gasteiger charge is -2.42. The molecule has 2 aromatic rings. The molecule has 4 heteroatoms. The van der Waals surface area contributed by atoms with Crippen molar-refractivity contribution >= 4 is 28.2 Å². The fraction of sp³-hybridized carbons (Fsp3) is 0.471. The van der Waals surface area contributed by atoms with E-state index in [0.717, 1.165) is 24.5 Å². The summed E-state index contributed by atoms with van der Waals surface area (Å²) in [5.41, 5.74) is 0.919. The van der Waals surface area contributed by atoms with E-state index in [1.54, 1.807) is 0 Å². The lowest BCUT2D eigenvalue weighted by atomic mass is 10.0. The molecule has 112 valence electrons. The summed E-state index contributed by atoms with van der Waals surface area (Å²) >= 11 is 6.04. The van der Waals surface area contributed by atoms with Crippen molar-refractivity contribution in [3.05, 3.63) is 36.0 Å². The van der Waals surface area contributed by atoms with Gasteiger partial charge in [0.05, 0.1) is 11.7 Å². The van der Waals surface area contributed by atoms with Crippen molar-refractivity contribution in [3.63, 3.8) is 0 Å². The van der Waals surface area contributed by atoms with Crippen LogP contribution in [0.1, 0.15) is 26.3 Å². The monoisotopic (exact) mass is 304 g/mol. The first-order valence-electron chi connectivity index (χ1n) is 7.35. The molecule has 0 N–H and O–H groups in total. The molecule has 1 atom stereocenters. The van der Waals surface area contributed by atoms with Crippen LogP contribution in [-0.2, 0) is 10.6 Å². The molecule has 0 amide bonds.